The lowest BCUT2D eigenvalue weighted by Gasteiger charge is -2.24. The van der Waals surface area contributed by atoms with Gasteiger partial charge >= 0.3 is 5.63 Å². The van der Waals surface area contributed by atoms with Crippen molar-refractivity contribution in [2.75, 3.05) is 19.5 Å². The van der Waals surface area contributed by atoms with Gasteiger partial charge in [0.15, 0.2) is 6.61 Å². The zero-order chi connectivity index (χ0) is 25.1. The third-order valence-electron chi connectivity index (χ3n) is 5.68. The predicted octanol–water partition coefficient (Wildman–Crippen LogP) is 4.15. The first-order chi connectivity index (χ1) is 17.5. The van der Waals surface area contributed by atoms with Crippen LogP contribution in [0.5, 0.6) is 11.5 Å². The van der Waals surface area contributed by atoms with Crippen LogP contribution in [0.15, 0.2) is 88.1 Å². The number of hydrazine groups is 1. The highest BCUT2D eigenvalue weighted by Gasteiger charge is 2.34. The zero-order valence-electron chi connectivity index (χ0n) is 19.3. The van der Waals surface area contributed by atoms with Crippen molar-refractivity contribution in [1.82, 2.24) is 10.4 Å². The SMILES string of the molecule is COc1ccc(C2SCC(=O)N2NC(=O)COc2ccc3c(-c4ccccc4)cc(=O)oc3c2)cc1. The fraction of sp³-hybridized carbons (Fsp3) is 0.148. The number of amides is 2. The smallest absolute Gasteiger partial charge is 0.336 e. The second-order valence-electron chi connectivity index (χ2n) is 8.03. The van der Waals surface area contributed by atoms with E-state index < -0.39 is 11.5 Å². The van der Waals surface area contributed by atoms with Crippen molar-refractivity contribution in [1.29, 1.82) is 0 Å². The van der Waals surface area contributed by atoms with Gasteiger partial charge in [-0.05, 0) is 41.0 Å². The van der Waals surface area contributed by atoms with Gasteiger partial charge in [-0.3, -0.25) is 15.0 Å². The Morgan fingerprint density at radius 3 is 2.53 bits per heavy atom. The first kappa shape index (κ1) is 23.5. The fourth-order valence-corrected chi connectivity index (χ4v) is 5.07. The maximum atomic E-state index is 12.6. The molecule has 4 aromatic rings. The lowest BCUT2D eigenvalue weighted by Crippen LogP contribution is -2.46. The summed E-state index contributed by atoms with van der Waals surface area (Å²) in [5.41, 5.74) is 5.03. The standard InChI is InChI=1S/C27H22N2O6S/c1-33-19-9-7-18(8-10-19)27-29(25(31)16-36-27)28-24(30)15-34-20-11-12-21-22(17-5-3-2-4-6-17)14-26(32)35-23(21)13-20/h2-14,27H,15-16H2,1H3,(H,28,30). The van der Waals surface area contributed by atoms with Crippen LogP contribution >= 0.6 is 11.8 Å². The van der Waals surface area contributed by atoms with Crippen LogP contribution in [0.4, 0.5) is 0 Å². The van der Waals surface area contributed by atoms with E-state index in [9.17, 15) is 14.4 Å². The van der Waals surface area contributed by atoms with E-state index in [1.807, 2.05) is 54.6 Å². The van der Waals surface area contributed by atoms with Crippen molar-refractivity contribution in [2.24, 2.45) is 0 Å². The van der Waals surface area contributed by atoms with Crippen molar-refractivity contribution in [2.45, 2.75) is 5.37 Å². The Hall–Kier alpha value is -4.24. The maximum absolute atomic E-state index is 12.6. The lowest BCUT2D eigenvalue weighted by atomic mass is 10.0. The van der Waals surface area contributed by atoms with Gasteiger partial charge in [-0.2, -0.15) is 0 Å². The minimum absolute atomic E-state index is 0.199. The van der Waals surface area contributed by atoms with Crippen LogP contribution < -0.4 is 20.5 Å². The molecule has 1 atom stereocenters. The summed E-state index contributed by atoms with van der Waals surface area (Å²) in [6.45, 7) is -0.322. The zero-order valence-corrected chi connectivity index (χ0v) is 20.1. The Labute approximate surface area is 210 Å². The summed E-state index contributed by atoms with van der Waals surface area (Å²) in [5, 5.41) is 1.72. The second-order valence-corrected chi connectivity index (χ2v) is 9.10. The Morgan fingerprint density at radius 2 is 1.78 bits per heavy atom. The molecule has 1 N–H and O–H groups in total. The van der Waals surface area contributed by atoms with Crippen LogP contribution in [-0.2, 0) is 9.59 Å². The van der Waals surface area contributed by atoms with Crippen molar-refractivity contribution >= 4 is 34.5 Å². The molecular formula is C27H22N2O6S. The molecule has 3 aromatic carbocycles. The van der Waals surface area contributed by atoms with Crippen LogP contribution in [0.2, 0.25) is 0 Å². The molecule has 1 aliphatic rings. The van der Waals surface area contributed by atoms with Gasteiger partial charge < -0.3 is 13.9 Å². The number of carbonyl (C=O) groups excluding carboxylic acids is 2. The Morgan fingerprint density at radius 1 is 1.03 bits per heavy atom. The molecule has 1 aliphatic heterocycles. The molecule has 2 amide bonds. The van der Waals surface area contributed by atoms with Gasteiger partial charge in [0.1, 0.15) is 22.5 Å². The number of fused-ring (bicyclic) bond motifs is 1. The van der Waals surface area contributed by atoms with E-state index in [0.29, 0.717) is 17.1 Å². The number of hydrogen-bond donors (Lipinski definition) is 1. The second kappa shape index (κ2) is 10.2. The average Bonchev–Trinajstić information content (AvgIpc) is 3.26. The number of nitrogens with one attached hydrogen (secondary N) is 1. The van der Waals surface area contributed by atoms with E-state index in [1.165, 1.54) is 22.8 Å². The Bertz CT molecular complexity index is 1470. The summed E-state index contributed by atoms with van der Waals surface area (Å²) in [7, 11) is 1.58. The van der Waals surface area contributed by atoms with Gasteiger partial charge in [-0.25, -0.2) is 9.80 Å². The van der Waals surface area contributed by atoms with Crippen molar-refractivity contribution < 1.29 is 23.5 Å². The summed E-state index contributed by atoms with van der Waals surface area (Å²) in [5.74, 6) is 0.642. The number of benzene rings is 3. The molecule has 0 radical (unpaired) electrons. The van der Waals surface area contributed by atoms with Crippen LogP contribution in [-0.4, -0.2) is 36.3 Å². The molecular weight excluding hydrogens is 480 g/mol. The van der Waals surface area contributed by atoms with Gasteiger partial charge in [0, 0.05) is 17.5 Å². The van der Waals surface area contributed by atoms with Gasteiger partial charge in [0.2, 0.25) is 0 Å². The summed E-state index contributed by atoms with van der Waals surface area (Å²) in [6, 6.07) is 23.4. The van der Waals surface area contributed by atoms with E-state index in [1.54, 1.807) is 25.3 Å². The van der Waals surface area contributed by atoms with Crippen LogP contribution in [0.25, 0.3) is 22.1 Å². The summed E-state index contributed by atoms with van der Waals surface area (Å²) < 4.78 is 16.2. The average molecular weight is 503 g/mol. The first-order valence-electron chi connectivity index (χ1n) is 11.1. The summed E-state index contributed by atoms with van der Waals surface area (Å²) in [6.07, 6.45) is 0. The molecule has 5 rings (SSSR count). The lowest BCUT2D eigenvalue weighted by molar-refractivity contribution is -0.140. The number of nitrogens with zero attached hydrogens (tertiary/aromatic N) is 1. The van der Waals surface area contributed by atoms with Crippen molar-refractivity contribution in [3.8, 4) is 22.6 Å². The van der Waals surface area contributed by atoms with Crippen LogP contribution in [0.1, 0.15) is 10.9 Å². The highest BCUT2D eigenvalue weighted by Crippen LogP contribution is 2.37. The molecule has 0 spiro atoms. The number of ether oxygens (including phenoxy) is 2. The van der Waals surface area contributed by atoms with E-state index >= 15 is 0 Å². The number of carbonyl (C=O) groups is 2. The molecule has 0 bridgehead atoms. The highest BCUT2D eigenvalue weighted by molar-refractivity contribution is 8.00. The number of thioether (sulfide) groups is 1. The van der Waals surface area contributed by atoms with Gasteiger partial charge in [-0.15, -0.1) is 11.8 Å². The van der Waals surface area contributed by atoms with E-state index in [0.717, 1.165) is 22.1 Å². The molecule has 1 aromatic heterocycles. The molecule has 1 saturated heterocycles. The largest absolute Gasteiger partial charge is 0.497 e. The molecule has 0 aliphatic carbocycles. The third-order valence-corrected chi connectivity index (χ3v) is 6.90. The maximum Gasteiger partial charge on any atom is 0.336 e. The molecule has 2 heterocycles. The first-order valence-corrected chi connectivity index (χ1v) is 12.2. The molecule has 36 heavy (non-hydrogen) atoms. The topological polar surface area (TPSA) is 98.1 Å². The molecule has 1 fully saturated rings. The Kier molecular flexibility index (Phi) is 6.64. The van der Waals surface area contributed by atoms with E-state index in [2.05, 4.69) is 5.43 Å². The number of methoxy groups -OCH3 is 1. The third kappa shape index (κ3) is 4.92. The molecule has 9 heteroatoms. The van der Waals surface area contributed by atoms with Gasteiger partial charge in [0.25, 0.3) is 11.8 Å². The number of rotatable bonds is 7. The van der Waals surface area contributed by atoms with Gasteiger partial charge in [0.05, 0.1) is 12.9 Å². The summed E-state index contributed by atoms with van der Waals surface area (Å²) in [4.78, 5) is 37.2. The monoisotopic (exact) mass is 502 g/mol. The Balaban J connectivity index is 1.28. The predicted molar refractivity (Wildman–Crippen MR) is 137 cm³/mol. The highest BCUT2D eigenvalue weighted by atomic mass is 32.2. The van der Waals surface area contributed by atoms with Crippen molar-refractivity contribution in [3.05, 3.63) is 94.8 Å². The minimum Gasteiger partial charge on any atom is -0.497 e. The van der Waals surface area contributed by atoms with E-state index in [4.69, 9.17) is 13.9 Å². The summed E-state index contributed by atoms with van der Waals surface area (Å²) >= 11 is 1.42. The van der Waals surface area contributed by atoms with Crippen LogP contribution in [0.3, 0.4) is 0 Å². The number of hydrogen-bond acceptors (Lipinski definition) is 7. The van der Waals surface area contributed by atoms with Crippen LogP contribution in [0, 0.1) is 0 Å². The van der Waals surface area contributed by atoms with Gasteiger partial charge in [-0.1, -0.05) is 42.5 Å². The minimum atomic E-state index is -0.482. The molecule has 1 unspecified atom stereocenters. The van der Waals surface area contributed by atoms with E-state index in [-0.39, 0.29) is 23.6 Å². The molecule has 8 nitrogen and oxygen atoms in total. The van der Waals surface area contributed by atoms with Crippen molar-refractivity contribution in [3.63, 3.8) is 0 Å². The fourth-order valence-electron chi connectivity index (χ4n) is 3.96. The molecule has 0 saturated carbocycles. The molecule has 182 valence electrons. The quantitative estimate of drug-likeness (QED) is 0.379. The normalized spacial score (nSPS) is 15.2.